The standard InChI is InChI=1S/C37H49N5O5/c1-25(28-14-15-28)38-35(44)32-23-26-9-6-11-29(21-26)47-30-12-7-10-27(22-30)24-33(42-19-8-13-34(42)43)36(45)39-31(37(46)40(32)2)16-20-41-17-4-3-5-18-41/h6-7,9-12,21-22,25,28,31-33H,3-5,8,13-20,23-24H2,1-2H3,(H,38,44)(H,39,45)/t25-,31+,32+,33+/m1/s1. The van der Waals surface area contributed by atoms with Gasteiger partial charge in [-0.2, -0.15) is 0 Å². The maximum atomic E-state index is 14.5. The van der Waals surface area contributed by atoms with Crippen LogP contribution in [0.15, 0.2) is 48.5 Å². The van der Waals surface area contributed by atoms with Crippen LogP contribution in [0.1, 0.15) is 69.4 Å². The molecule has 4 aliphatic rings. The van der Waals surface area contributed by atoms with Crippen LogP contribution in [0.2, 0.25) is 0 Å². The number of ether oxygens (including phenoxy) is 1. The first kappa shape index (κ1) is 33.0. The fourth-order valence-corrected chi connectivity index (χ4v) is 7.26. The summed E-state index contributed by atoms with van der Waals surface area (Å²) in [6.07, 6.45) is 7.72. The van der Waals surface area contributed by atoms with E-state index in [9.17, 15) is 19.2 Å². The molecule has 1 aliphatic carbocycles. The van der Waals surface area contributed by atoms with Gasteiger partial charge in [-0.1, -0.05) is 30.7 Å². The van der Waals surface area contributed by atoms with Gasteiger partial charge in [-0.25, -0.2) is 0 Å². The van der Waals surface area contributed by atoms with E-state index in [1.807, 2.05) is 55.5 Å². The predicted octanol–water partition coefficient (Wildman–Crippen LogP) is 3.67. The lowest BCUT2D eigenvalue weighted by atomic mass is 10.00. The van der Waals surface area contributed by atoms with Crippen molar-refractivity contribution in [3.05, 3.63) is 59.7 Å². The fourth-order valence-electron chi connectivity index (χ4n) is 7.26. The number of amides is 4. The van der Waals surface area contributed by atoms with Gasteiger partial charge in [0.15, 0.2) is 0 Å². The van der Waals surface area contributed by atoms with Gasteiger partial charge >= 0.3 is 0 Å². The van der Waals surface area contributed by atoms with Crippen LogP contribution in [0, 0.1) is 5.92 Å². The zero-order chi connectivity index (χ0) is 32.9. The molecule has 2 saturated heterocycles. The Hall–Kier alpha value is -3.92. The number of hydrogen-bond donors (Lipinski definition) is 2. The van der Waals surface area contributed by atoms with Crippen LogP contribution >= 0.6 is 0 Å². The van der Waals surface area contributed by atoms with Crippen molar-refractivity contribution in [2.75, 3.05) is 33.2 Å². The number of carbonyl (C=O) groups excluding carboxylic acids is 4. The van der Waals surface area contributed by atoms with Crippen LogP contribution in [-0.4, -0.2) is 95.7 Å². The Morgan fingerprint density at radius 3 is 2.26 bits per heavy atom. The third-order valence-electron chi connectivity index (χ3n) is 10.3. The average Bonchev–Trinajstić information content (AvgIpc) is 3.84. The number of carbonyl (C=O) groups is 4. The number of likely N-dealkylation sites (N-methyl/N-ethyl adjacent to an activating group) is 1. The average molecular weight is 644 g/mol. The quantitative estimate of drug-likeness (QED) is 0.477. The molecule has 0 unspecified atom stereocenters. The minimum Gasteiger partial charge on any atom is -0.457 e. The molecule has 2 aromatic rings. The lowest BCUT2D eigenvalue weighted by Gasteiger charge is -2.35. The summed E-state index contributed by atoms with van der Waals surface area (Å²) < 4.78 is 6.26. The Morgan fingerprint density at radius 1 is 0.936 bits per heavy atom. The Morgan fingerprint density at radius 2 is 1.62 bits per heavy atom. The predicted molar refractivity (Wildman–Crippen MR) is 179 cm³/mol. The van der Waals surface area contributed by atoms with Gasteiger partial charge in [0.25, 0.3) is 0 Å². The zero-order valence-electron chi connectivity index (χ0n) is 27.8. The van der Waals surface area contributed by atoms with E-state index in [1.165, 1.54) is 11.3 Å². The minimum absolute atomic E-state index is 0.0154. The van der Waals surface area contributed by atoms with E-state index in [0.717, 1.165) is 49.9 Å². The molecular formula is C37H49N5O5. The van der Waals surface area contributed by atoms with Crippen molar-refractivity contribution in [2.45, 2.75) is 95.3 Å². The van der Waals surface area contributed by atoms with Crippen molar-refractivity contribution in [3.63, 3.8) is 0 Å². The first-order chi connectivity index (χ1) is 22.7. The van der Waals surface area contributed by atoms with Gasteiger partial charge < -0.3 is 30.1 Å². The van der Waals surface area contributed by atoms with Crippen LogP contribution in [0.4, 0.5) is 0 Å². The van der Waals surface area contributed by atoms with Gasteiger partial charge in [-0.15, -0.1) is 0 Å². The topological polar surface area (TPSA) is 111 Å². The highest BCUT2D eigenvalue weighted by Gasteiger charge is 2.38. The van der Waals surface area contributed by atoms with Crippen LogP contribution in [0.25, 0.3) is 0 Å². The molecule has 3 fully saturated rings. The largest absolute Gasteiger partial charge is 0.457 e. The molecule has 3 aliphatic heterocycles. The number of benzene rings is 2. The highest BCUT2D eigenvalue weighted by Crippen LogP contribution is 2.32. The third kappa shape index (κ3) is 8.33. The number of nitrogens with one attached hydrogen (secondary N) is 2. The summed E-state index contributed by atoms with van der Waals surface area (Å²) in [6.45, 7) is 5.11. The van der Waals surface area contributed by atoms with E-state index in [0.29, 0.717) is 62.6 Å². The second-order valence-corrected chi connectivity index (χ2v) is 13.9. The Balaban J connectivity index is 1.36. The summed E-state index contributed by atoms with van der Waals surface area (Å²) in [4.78, 5) is 61.1. The second-order valence-electron chi connectivity index (χ2n) is 13.9. The Labute approximate surface area is 278 Å². The van der Waals surface area contributed by atoms with E-state index < -0.39 is 18.1 Å². The first-order valence-corrected chi connectivity index (χ1v) is 17.5. The summed E-state index contributed by atoms with van der Waals surface area (Å²) in [7, 11) is 1.67. The van der Waals surface area contributed by atoms with Crippen LogP contribution < -0.4 is 15.4 Å². The molecule has 2 aromatic carbocycles. The second kappa shape index (κ2) is 14.9. The molecule has 10 heteroatoms. The van der Waals surface area contributed by atoms with Gasteiger partial charge in [0.1, 0.15) is 29.6 Å². The van der Waals surface area contributed by atoms with E-state index in [1.54, 1.807) is 11.9 Å². The van der Waals surface area contributed by atoms with Crippen molar-refractivity contribution in [3.8, 4) is 11.5 Å². The number of likely N-dealkylation sites (tertiary alicyclic amines) is 2. The van der Waals surface area contributed by atoms with Gasteiger partial charge in [0.2, 0.25) is 23.6 Å². The SMILES string of the molecule is C[C@@H](NC(=O)[C@@H]1Cc2cccc(c2)Oc2cccc(c2)C[C@H](N2CCCC2=O)C(=O)N[C@@H](CCN2CCCCC2)C(=O)N1C)C1CC1. The molecule has 4 atom stereocenters. The molecular weight excluding hydrogens is 594 g/mol. The third-order valence-corrected chi connectivity index (χ3v) is 10.3. The van der Waals surface area contributed by atoms with Gasteiger partial charge in [0.05, 0.1) is 0 Å². The maximum Gasteiger partial charge on any atom is 0.245 e. The fraction of sp³-hybridized carbons (Fsp3) is 0.568. The normalized spacial score (nSPS) is 25.2. The molecule has 3 heterocycles. The van der Waals surface area contributed by atoms with Gasteiger partial charge in [-0.05, 0) is 99.8 Å². The molecule has 4 bridgehead atoms. The Bertz CT molecular complexity index is 1450. The monoisotopic (exact) mass is 643 g/mol. The molecule has 47 heavy (non-hydrogen) atoms. The van der Waals surface area contributed by atoms with Crippen molar-refractivity contribution in [1.82, 2.24) is 25.3 Å². The summed E-state index contributed by atoms with van der Waals surface area (Å²) >= 11 is 0. The molecule has 252 valence electrons. The summed E-state index contributed by atoms with van der Waals surface area (Å²) in [5.41, 5.74) is 1.73. The van der Waals surface area contributed by atoms with Crippen molar-refractivity contribution >= 4 is 23.6 Å². The van der Waals surface area contributed by atoms with Gasteiger partial charge in [0, 0.05) is 45.4 Å². The van der Waals surface area contributed by atoms with E-state index in [2.05, 4.69) is 15.5 Å². The van der Waals surface area contributed by atoms with E-state index in [4.69, 9.17) is 4.74 Å². The van der Waals surface area contributed by atoms with E-state index >= 15 is 0 Å². The molecule has 10 nitrogen and oxygen atoms in total. The van der Waals surface area contributed by atoms with Crippen molar-refractivity contribution in [2.24, 2.45) is 5.92 Å². The lowest BCUT2D eigenvalue weighted by Crippen LogP contribution is -2.59. The number of piperidine rings is 1. The molecule has 2 N–H and O–H groups in total. The molecule has 6 rings (SSSR count). The number of rotatable bonds is 7. The smallest absolute Gasteiger partial charge is 0.245 e. The summed E-state index contributed by atoms with van der Waals surface area (Å²) in [5.74, 6) is 0.786. The summed E-state index contributed by atoms with van der Waals surface area (Å²) in [6, 6.07) is 12.8. The van der Waals surface area contributed by atoms with Crippen molar-refractivity contribution < 1.29 is 23.9 Å². The maximum absolute atomic E-state index is 14.5. The van der Waals surface area contributed by atoms with Crippen LogP contribution in [0.5, 0.6) is 11.5 Å². The Kier molecular flexibility index (Phi) is 10.4. The number of fused-ring (bicyclic) bond motifs is 4. The molecule has 4 amide bonds. The zero-order valence-corrected chi connectivity index (χ0v) is 27.8. The summed E-state index contributed by atoms with van der Waals surface area (Å²) in [5, 5.41) is 6.27. The van der Waals surface area contributed by atoms with Crippen LogP contribution in [-0.2, 0) is 32.0 Å². The molecule has 0 radical (unpaired) electrons. The lowest BCUT2D eigenvalue weighted by molar-refractivity contribution is -0.144. The molecule has 0 aromatic heterocycles. The van der Waals surface area contributed by atoms with Crippen LogP contribution in [0.3, 0.4) is 0 Å². The highest BCUT2D eigenvalue weighted by molar-refractivity contribution is 5.94. The van der Waals surface area contributed by atoms with E-state index in [-0.39, 0.29) is 29.7 Å². The molecule has 1 saturated carbocycles. The minimum atomic E-state index is -0.848. The highest BCUT2D eigenvalue weighted by atomic mass is 16.5. The van der Waals surface area contributed by atoms with Crippen molar-refractivity contribution in [1.29, 1.82) is 0 Å². The number of hydrogen-bond acceptors (Lipinski definition) is 6. The number of nitrogens with zero attached hydrogens (tertiary/aromatic N) is 3. The first-order valence-electron chi connectivity index (χ1n) is 17.5. The molecule has 0 spiro atoms. The van der Waals surface area contributed by atoms with Gasteiger partial charge in [-0.3, -0.25) is 19.2 Å².